The second-order valence-electron chi connectivity index (χ2n) is 7.91. The maximum Gasteiger partial charge on any atom is 0.244 e. The van der Waals surface area contributed by atoms with Crippen LogP contribution in [0.1, 0.15) is 27.6 Å². The Morgan fingerprint density at radius 1 is 0.944 bits per heavy atom. The van der Waals surface area contributed by atoms with Crippen LogP contribution < -0.4 is 17.0 Å². The molecule has 4 aromatic rings. The molecule has 10 heteroatoms. The number of ketones is 1. The van der Waals surface area contributed by atoms with E-state index in [4.69, 9.17) is 51.1 Å². The topological polar surface area (TPSA) is 35.1 Å². The zero-order valence-electron chi connectivity index (χ0n) is 18.7. The molecule has 36 heavy (non-hydrogen) atoms. The summed E-state index contributed by atoms with van der Waals surface area (Å²) in [7, 11) is 0. The Labute approximate surface area is 234 Å². The lowest BCUT2D eigenvalue weighted by Crippen LogP contribution is -3.00. The van der Waals surface area contributed by atoms with Crippen LogP contribution in [0.15, 0.2) is 79.4 Å². The van der Waals surface area contributed by atoms with Crippen molar-refractivity contribution in [3.05, 3.63) is 122 Å². The molecule has 0 spiro atoms. The lowest BCUT2D eigenvalue weighted by atomic mass is 10.1. The van der Waals surface area contributed by atoms with Gasteiger partial charge < -0.3 is 17.1 Å². The van der Waals surface area contributed by atoms with Crippen LogP contribution in [-0.2, 0) is 24.4 Å². The number of carbonyl (C=O) groups excluding carboxylic acids is 1. The zero-order chi connectivity index (χ0) is 24.9. The normalized spacial score (nSPS) is 11.7. The van der Waals surface area contributed by atoms with E-state index in [9.17, 15) is 9.18 Å². The van der Waals surface area contributed by atoms with E-state index in [0.717, 1.165) is 11.1 Å². The fraction of sp³-hybridized carbons (Fsp3) is 0.154. The molecule has 188 valence electrons. The fourth-order valence-corrected chi connectivity index (χ4v) is 4.55. The summed E-state index contributed by atoms with van der Waals surface area (Å²) in [6.45, 7) is 0.778. The van der Waals surface area contributed by atoms with E-state index in [1.807, 2.05) is 22.9 Å². The molecule has 1 aromatic heterocycles. The van der Waals surface area contributed by atoms with Crippen LogP contribution >= 0.6 is 46.4 Å². The number of halogens is 6. The van der Waals surface area contributed by atoms with Gasteiger partial charge in [0, 0.05) is 31.2 Å². The number of rotatable bonds is 9. The first-order valence-corrected chi connectivity index (χ1v) is 12.1. The maximum absolute atomic E-state index is 13.1. The molecule has 0 unspecified atom stereocenters. The Morgan fingerprint density at radius 3 is 2.28 bits per heavy atom. The quantitative estimate of drug-likeness (QED) is 0.215. The maximum atomic E-state index is 13.1. The van der Waals surface area contributed by atoms with E-state index < -0.39 is 6.10 Å². The summed E-state index contributed by atoms with van der Waals surface area (Å²) in [5.74, 6) is -0.508. The number of benzene rings is 3. The largest absolute Gasteiger partial charge is 1.00 e. The predicted molar refractivity (Wildman–Crippen MR) is 136 cm³/mol. The molecule has 4 rings (SSSR count). The third-order valence-electron chi connectivity index (χ3n) is 5.38. The van der Waals surface area contributed by atoms with Crippen molar-refractivity contribution in [3.63, 3.8) is 0 Å². The second-order valence-corrected chi connectivity index (χ2v) is 9.60. The number of hydrogen-bond acceptors (Lipinski definition) is 2. The highest BCUT2D eigenvalue weighted by atomic mass is 35.5. The fourth-order valence-electron chi connectivity index (χ4n) is 3.56. The van der Waals surface area contributed by atoms with Crippen molar-refractivity contribution in [2.45, 2.75) is 25.8 Å². The minimum Gasteiger partial charge on any atom is -1.00 e. The zero-order valence-corrected chi connectivity index (χ0v) is 22.5. The molecular formula is C26H20Cl5FN2O2. The predicted octanol–water partition coefficient (Wildman–Crippen LogP) is 4.37. The molecule has 0 radical (unpaired) electrons. The van der Waals surface area contributed by atoms with Gasteiger partial charge in [-0.05, 0) is 54.1 Å². The number of nitrogens with zero attached hydrogens (tertiary/aromatic N) is 2. The second kappa shape index (κ2) is 12.9. The number of Topliss-reactive ketones (excluding diaryl/α,β-unsaturated/α-hetero) is 1. The molecule has 1 heterocycles. The minimum absolute atomic E-state index is 0. The van der Waals surface area contributed by atoms with Crippen LogP contribution in [0, 0.1) is 5.82 Å². The molecule has 0 bridgehead atoms. The van der Waals surface area contributed by atoms with Crippen molar-refractivity contribution >= 4 is 52.2 Å². The molecule has 0 N–H and O–H groups in total. The monoisotopic (exact) mass is 586 g/mol. The van der Waals surface area contributed by atoms with Gasteiger partial charge in [-0.15, -0.1) is 0 Å². The number of aromatic nitrogens is 2. The first kappa shape index (κ1) is 28.5. The molecule has 0 amide bonds. The average Bonchev–Trinajstić information content (AvgIpc) is 3.25. The van der Waals surface area contributed by atoms with Gasteiger partial charge in [-0.1, -0.05) is 58.5 Å². The Hall–Kier alpha value is -2.12. The van der Waals surface area contributed by atoms with E-state index in [2.05, 4.69) is 0 Å². The lowest BCUT2D eigenvalue weighted by molar-refractivity contribution is -0.682. The van der Waals surface area contributed by atoms with E-state index in [0.29, 0.717) is 32.2 Å². The van der Waals surface area contributed by atoms with Gasteiger partial charge in [0.1, 0.15) is 30.9 Å². The summed E-state index contributed by atoms with van der Waals surface area (Å²) in [6, 6.07) is 16.0. The molecule has 3 aromatic carbocycles. The van der Waals surface area contributed by atoms with Crippen molar-refractivity contribution in [1.29, 1.82) is 0 Å². The van der Waals surface area contributed by atoms with E-state index in [1.54, 1.807) is 41.4 Å². The molecule has 0 fully saturated rings. The van der Waals surface area contributed by atoms with Crippen molar-refractivity contribution in [1.82, 2.24) is 4.57 Å². The van der Waals surface area contributed by atoms with Crippen LogP contribution in [0.25, 0.3) is 0 Å². The van der Waals surface area contributed by atoms with Gasteiger partial charge in [-0.3, -0.25) is 4.79 Å². The molecule has 0 saturated carbocycles. The summed E-state index contributed by atoms with van der Waals surface area (Å²) in [4.78, 5) is 12.5. The summed E-state index contributed by atoms with van der Waals surface area (Å²) < 4.78 is 23.0. The first-order valence-electron chi connectivity index (χ1n) is 10.6. The highest BCUT2D eigenvalue weighted by molar-refractivity contribution is 6.35. The summed E-state index contributed by atoms with van der Waals surface area (Å²) in [5.41, 5.74) is 2.00. The SMILES string of the molecule is O=C(C[n+]1ccn(C[C@H](OCc2ccc(Cl)cc2Cl)c2ccc(Cl)cc2Cl)c1)c1ccc(F)cc1.[Cl-]. The standard InChI is InChI=1S/C26H20Cl4FN2O2.ClH/c27-19-4-1-18(23(29)11-19)15-35-26(22-8-5-20(28)12-24(22)30)14-33-10-9-32(16-33)13-25(34)17-2-6-21(31)7-3-17;/h1-12,16,26H,13-15H2;1H/q+1;/p-1/t26-;/m0./s1. The van der Waals surface area contributed by atoms with E-state index in [1.165, 1.54) is 24.3 Å². The van der Waals surface area contributed by atoms with Crippen LogP contribution in [0.5, 0.6) is 0 Å². The van der Waals surface area contributed by atoms with Gasteiger partial charge in [-0.2, -0.15) is 0 Å². The lowest BCUT2D eigenvalue weighted by Gasteiger charge is -2.19. The van der Waals surface area contributed by atoms with Gasteiger partial charge in [0.05, 0.1) is 6.61 Å². The number of ether oxygens (including phenoxy) is 1. The van der Waals surface area contributed by atoms with Crippen LogP contribution in [0.2, 0.25) is 20.1 Å². The van der Waals surface area contributed by atoms with Gasteiger partial charge in [0.2, 0.25) is 12.1 Å². The molecule has 0 saturated heterocycles. The molecule has 0 aliphatic carbocycles. The van der Waals surface area contributed by atoms with Crippen molar-refractivity contribution in [3.8, 4) is 0 Å². The highest BCUT2D eigenvalue weighted by Crippen LogP contribution is 2.31. The van der Waals surface area contributed by atoms with Crippen molar-refractivity contribution < 1.29 is 30.9 Å². The molecule has 0 aliphatic rings. The van der Waals surface area contributed by atoms with E-state index >= 15 is 0 Å². The Kier molecular flexibility index (Phi) is 10.2. The van der Waals surface area contributed by atoms with Crippen LogP contribution in [0.3, 0.4) is 0 Å². The molecular weight excluding hydrogens is 569 g/mol. The summed E-state index contributed by atoms with van der Waals surface area (Å²) in [5, 5.41) is 2.06. The number of carbonyl (C=O) groups is 1. The number of hydrogen-bond donors (Lipinski definition) is 0. The molecule has 4 nitrogen and oxygen atoms in total. The van der Waals surface area contributed by atoms with Crippen LogP contribution in [0.4, 0.5) is 4.39 Å². The van der Waals surface area contributed by atoms with Gasteiger partial charge in [0.15, 0.2) is 6.54 Å². The highest BCUT2D eigenvalue weighted by Gasteiger charge is 2.21. The summed E-state index contributed by atoms with van der Waals surface area (Å²) >= 11 is 24.9. The van der Waals surface area contributed by atoms with Crippen molar-refractivity contribution in [2.24, 2.45) is 0 Å². The Bertz CT molecular complexity index is 1340. The average molecular weight is 589 g/mol. The van der Waals surface area contributed by atoms with E-state index in [-0.39, 0.29) is 37.2 Å². The third-order valence-corrected chi connectivity index (χ3v) is 6.53. The van der Waals surface area contributed by atoms with Gasteiger partial charge in [0.25, 0.3) is 0 Å². The first-order chi connectivity index (χ1) is 16.8. The Balaban J connectivity index is 0.00000361. The smallest absolute Gasteiger partial charge is 0.244 e. The van der Waals surface area contributed by atoms with Crippen LogP contribution in [-0.4, -0.2) is 10.4 Å². The number of imidazole rings is 1. The summed E-state index contributed by atoms with van der Waals surface area (Å²) in [6.07, 6.45) is 5.00. The van der Waals surface area contributed by atoms with Crippen molar-refractivity contribution in [2.75, 3.05) is 0 Å². The minimum atomic E-state index is -0.430. The third kappa shape index (κ3) is 7.45. The van der Waals surface area contributed by atoms with Gasteiger partial charge in [-0.25, -0.2) is 13.5 Å². The van der Waals surface area contributed by atoms with Gasteiger partial charge >= 0.3 is 0 Å². The Morgan fingerprint density at radius 2 is 1.61 bits per heavy atom. The molecule has 0 aliphatic heterocycles. The molecule has 1 atom stereocenters.